The Balaban J connectivity index is 2.12. The molecule has 0 aliphatic carbocycles. The maximum absolute atomic E-state index is 11.6. The summed E-state index contributed by atoms with van der Waals surface area (Å²) in [7, 11) is 0. The van der Waals surface area contributed by atoms with Crippen molar-refractivity contribution in [1.82, 2.24) is 9.97 Å². The highest BCUT2D eigenvalue weighted by molar-refractivity contribution is 5.82. The Bertz CT molecular complexity index is 765. The van der Waals surface area contributed by atoms with Crippen LogP contribution in [0.2, 0.25) is 0 Å². The molecule has 5 heteroatoms. The van der Waals surface area contributed by atoms with Crippen molar-refractivity contribution in [3.63, 3.8) is 0 Å². The smallest absolute Gasteiger partial charge is 0.317 e. The fraction of sp³-hybridized carbons (Fsp3) is 0.133. The van der Waals surface area contributed by atoms with Gasteiger partial charge in [0.2, 0.25) is 0 Å². The van der Waals surface area contributed by atoms with Crippen LogP contribution in [-0.2, 0) is 4.79 Å². The highest BCUT2D eigenvalue weighted by atomic mass is 16.4. The summed E-state index contributed by atoms with van der Waals surface area (Å²) >= 11 is 0. The van der Waals surface area contributed by atoms with Gasteiger partial charge < -0.3 is 9.52 Å². The molecule has 0 saturated carbocycles. The van der Waals surface area contributed by atoms with E-state index in [1.54, 1.807) is 49.5 Å². The molecule has 3 rings (SSSR count). The van der Waals surface area contributed by atoms with Crippen molar-refractivity contribution in [1.29, 1.82) is 0 Å². The lowest BCUT2D eigenvalue weighted by Crippen LogP contribution is -2.14. The summed E-state index contributed by atoms with van der Waals surface area (Å²) in [6, 6.07) is 10.5. The van der Waals surface area contributed by atoms with Crippen LogP contribution in [-0.4, -0.2) is 21.0 Å². The van der Waals surface area contributed by atoms with Gasteiger partial charge >= 0.3 is 5.97 Å². The third-order valence-electron chi connectivity index (χ3n) is 3.08. The number of hydrogen-bond acceptors (Lipinski definition) is 4. The van der Waals surface area contributed by atoms with Crippen LogP contribution in [0.25, 0.3) is 11.1 Å². The Hall–Kier alpha value is -2.69. The van der Waals surface area contributed by atoms with Crippen LogP contribution in [0.4, 0.5) is 0 Å². The maximum Gasteiger partial charge on any atom is 0.317 e. The quantitative estimate of drug-likeness (QED) is 0.790. The minimum atomic E-state index is -0.945. The molecule has 0 aliphatic heterocycles. The van der Waals surface area contributed by atoms with Crippen LogP contribution >= 0.6 is 0 Å². The number of nitrogens with zero attached hydrogens (tertiary/aromatic N) is 2. The number of benzene rings is 1. The van der Waals surface area contributed by atoms with Gasteiger partial charge in [0, 0.05) is 13.1 Å². The molecule has 5 nitrogen and oxygen atoms in total. The second-order valence-electron chi connectivity index (χ2n) is 4.49. The molecule has 0 fully saturated rings. The molecule has 1 N–H and O–H groups in total. The predicted molar refractivity (Wildman–Crippen MR) is 72.5 cm³/mol. The minimum Gasteiger partial charge on any atom is -0.480 e. The third kappa shape index (κ3) is 2.14. The number of fused-ring (bicyclic) bond motifs is 1. The number of aryl methyl sites for hydroxylation is 1. The van der Waals surface area contributed by atoms with E-state index in [2.05, 4.69) is 9.97 Å². The van der Waals surface area contributed by atoms with Crippen molar-refractivity contribution in [2.45, 2.75) is 12.8 Å². The van der Waals surface area contributed by atoms with Crippen molar-refractivity contribution in [3.05, 3.63) is 59.7 Å². The summed E-state index contributed by atoms with van der Waals surface area (Å²) in [5, 5.41) is 9.47. The van der Waals surface area contributed by atoms with Gasteiger partial charge in [-0.3, -0.25) is 9.78 Å². The van der Waals surface area contributed by atoms with E-state index in [1.807, 2.05) is 0 Å². The maximum atomic E-state index is 11.6. The first-order valence-corrected chi connectivity index (χ1v) is 6.16. The average Bonchev–Trinajstić information content (AvgIpc) is 2.79. The highest BCUT2D eigenvalue weighted by Gasteiger charge is 2.24. The Morgan fingerprint density at radius 3 is 2.85 bits per heavy atom. The summed E-state index contributed by atoms with van der Waals surface area (Å²) in [6.45, 7) is 1.76. The molecular formula is C15H12N2O3. The van der Waals surface area contributed by atoms with Gasteiger partial charge in [-0.05, 0) is 29.8 Å². The van der Waals surface area contributed by atoms with Crippen LogP contribution in [0.15, 0.2) is 47.0 Å². The molecule has 0 spiro atoms. The van der Waals surface area contributed by atoms with Crippen LogP contribution < -0.4 is 0 Å². The SMILES string of the molecule is Cc1nc2ccc(C(C(=O)O)c3ccccn3)cc2o1. The van der Waals surface area contributed by atoms with Gasteiger partial charge in [-0.15, -0.1) is 0 Å². The number of rotatable bonds is 3. The van der Waals surface area contributed by atoms with Gasteiger partial charge in [0.15, 0.2) is 11.5 Å². The first kappa shape index (κ1) is 12.3. The Kier molecular flexibility index (Phi) is 2.95. The van der Waals surface area contributed by atoms with E-state index < -0.39 is 11.9 Å². The number of oxazole rings is 1. The van der Waals surface area contributed by atoms with Crippen LogP contribution in [0.3, 0.4) is 0 Å². The lowest BCUT2D eigenvalue weighted by Gasteiger charge is -2.11. The fourth-order valence-corrected chi connectivity index (χ4v) is 2.22. The van der Waals surface area contributed by atoms with Gasteiger partial charge in [0.25, 0.3) is 0 Å². The third-order valence-corrected chi connectivity index (χ3v) is 3.08. The van der Waals surface area contributed by atoms with E-state index >= 15 is 0 Å². The molecule has 2 heterocycles. The second kappa shape index (κ2) is 4.77. The standard InChI is InChI=1S/C15H12N2O3/c1-9-17-11-6-5-10(8-13(11)20-9)14(15(18)19)12-4-2-3-7-16-12/h2-8,14H,1H3,(H,18,19). The molecule has 1 aromatic carbocycles. The summed E-state index contributed by atoms with van der Waals surface area (Å²) < 4.78 is 5.45. The zero-order chi connectivity index (χ0) is 14.1. The largest absolute Gasteiger partial charge is 0.480 e. The van der Waals surface area contributed by atoms with E-state index in [4.69, 9.17) is 4.42 Å². The van der Waals surface area contributed by atoms with Crippen LogP contribution in [0.1, 0.15) is 23.1 Å². The topological polar surface area (TPSA) is 76.2 Å². The normalized spacial score (nSPS) is 12.4. The van der Waals surface area contributed by atoms with Crippen molar-refractivity contribution in [2.24, 2.45) is 0 Å². The Morgan fingerprint density at radius 1 is 1.30 bits per heavy atom. The molecule has 0 bridgehead atoms. The zero-order valence-electron chi connectivity index (χ0n) is 10.8. The number of carbonyl (C=O) groups is 1. The van der Waals surface area contributed by atoms with Gasteiger partial charge in [-0.2, -0.15) is 0 Å². The molecule has 1 atom stereocenters. The number of pyridine rings is 1. The molecule has 2 aromatic heterocycles. The molecule has 3 aromatic rings. The fourth-order valence-electron chi connectivity index (χ4n) is 2.22. The molecule has 1 unspecified atom stereocenters. The number of hydrogen-bond donors (Lipinski definition) is 1. The first-order valence-electron chi connectivity index (χ1n) is 6.16. The lowest BCUT2D eigenvalue weighted by atomic mass is 9.95. The summed E-state index contributed by atoms with van der Waals surface area (Å²) in [6.07, 6.45) is 1.59. The van der Waals surface area contributed by atoms with Crippen molar-refractivity contribution >= 4 is 17.1 Å². The van der Waals surface area contributed by atoms with E-state index in [0.29, 0.717) is 22.7 Å². The van der Waals surface area contributed by atoms with Crippen molar-refractivity contribution < 1.29 is 14.3 Å². The Labute approximate surface area is 114 Å². The molecule has 0 radical (unpaired) electrons. The molecule has 0 saturated heterocycles. The summed E-state index contributed by atoms with van der Waals surface area (Å²) in [5.74, 6) is -1.20. The van der Waals surface area contributed by atoms with Crippen LogP contribution in [0.5, 0.6) is 0 Å². The zero-order valence-corrected chi connectivity index (χ0v) is 10.8. The summed E-state index contributed by atoms with van der Waals surface area (Å²) in [5.41, 5.74) is 2.43. The number of aromatic nitrogens is 2. The number of carboxylic acids is 1. The monoisotopic (exact) mass is 268 g/mol. The van der Waals surface area contributed by atoms with E-state index in [1.165, 1.54) is 0 Å². The Morgan fingerprint density at radius 2 is 2.15 bits per heavy atom. The highest BCUT2D eigenvalue weighted by Crippen LogP contribution is 2.27. The van der Waals surface area contributed by atoms with E-state index in [-0.39, 0.29) is 0 Å². The van der Waals surface area contributed by atoms with Crippen molar-refractivity contribution in [2.75, 3.05) is 0 Å². The van der Waals surface area contributed by atoms with Gasteiger partial charge in [0.1, 0.15) is 11.4 Å². The number of carboxylic acid groups (broad SMARTS) is 1. The predicted octanol–water partition coefficient (Wildman–Crippen LogP) is 2.75. The molecule has 0 amide bonds. The molecule has 100 valence electrons. The average molecular weight is 268 g/mol. The van der Waals surface area contributed by atoms with Crippen molar-refractivity contribution in [3.8, 4) is 0 Å². The second-order valence-corrected chi connectivity index (χ2v) is 4.49. The van der Waals surface area contributed by atoms with Gasteiger partial charge in [0.05, 0.1) is 5.69 Å². The molecule has 0 aliphatic rings. The molecular weight excluding hydrogens is 256 g/mol. The van der Waals surface area contributed by atoms with Gasteiger partial charge in [-0.1, -0.05) is 12.1 Å². The summed E-state index contributed by atoms with van der Waals surface area (Å²) in [4.78, 5) is 19.9. The van der Waals surface area contributed by atoms with E-state index in [0.717, 1.165) is 5.52 Å². The van der Waals surface area contributed by atoms with Gasteiger partial charge in [-0.25, -0.2) is 4.98 Å². The lowest BCUT2D eigenvalue weighted by molar-refractivity contribution is -0.137. The number of aliphatic carboxylic acids is 1. The minimum absolute atomic E-state index is 0.496. The molecule has 20 heavy (non-hydrogen) atoms. The van der Waals surface area contributed by atoms with E-state index in [9.17, 15) is 9.90 Å². The first-order chi connectivity index (χ1) is 9.65. The van der Waals surface area contributed by atoms with Crippen LogP contribution in [0, 0.1) is 6.92 Å².